The maximum atomic E-state index is 12.6. The molecule has 1 saturated heterocycles. The van der Waals surface area contributed by atoms with Gasteiger partial charge in [-0.1, -0.05) is 17.3 Å². The van der Waals surface area contributed by atoms with Crippen molar-refractivity contribution in [3.63, 3.8) is 0 Å². The number of carbonyl (C=O) groups is 1. The van der Waals surface area contributed by atoms with Crippen LogP contribution in [-0.4, -0.2) is 55.2 Å². The van der Waals surface area contributed by atoms with Crippen molar-refractivity contribution in [1.29, 1.82) is 0 Å². The van der Waals surface area contributed by atoms with E-state index < -0.39 is 0 Å². The molecule has 0 saturated carbocycles. The first-order valence-electron chi connectivity index (χ1n) is 8.30. The lowest BCUT2D eigenvalue weighted by Gasteiger charge is -2.21. The van der Waals surface area contributed by atoms with Crippen molar-refractivity contribution in [1.82, 2.24) is 15.2 Å². The standard InChI is InChI=1S/C18H20N4O2S/c1-4-5-13-12(10-21(2)3)19-17(23)22(13)18-20-16-11-8-9-24-14(11)6-7-15(16)25-18/h6-7,12-13H,8-10H2,1-3H3,(H,19,23)/t12-,13-/m0/s1. The Balaban J connectivity index is 1.75. The van der Waals surface area contributed by atoms with Gasteiger partial charge in [0, 0.05) is 18.5 Å². The van der Waals surface area contributed by atoms with E-state index in [0.717, 1.165) is 34.5 Å². The van der Waals surface area contributed by atoms with E-state index in [-0.39, 0.29) is 18.1 Å². The van der Waals surface area contributed by atoms with Crippen molar-refractivity contribution in [2.24, 2.45) is 0 Å². The van der Waals surface area contributed by atoms with Crippen molar-refractivity contribution in [2.75, 3.05) is 32.1 Å². The number of benzene rings is 1. The number of fused-ring (bicyclic) bond motifs is 3. The summed E-state index contributed by atoms with van der Waals surface area (Å²) in [4.78, 5) is 21.2. The van der Waals surface area contributed by atoms with E-state index in [4.69, 9.17) is 9.72 Å². The Morgan fingerprint density at radius 1 is 1.48 bits per heavy atom. The minimum absolute atomic E-state index is 0.0454. The number of thiazole rings is 1. The first-order chi connectivity index (χ1) is 12.1. The molecule has 7 heteroatoms. The zero-order valence-corrected chi connectivity index (χ0v) is 15.3. The summed E-state index contributed by atoms with van der Waals surface area (Å²) in [5.41, 5.74) is 2.09. The number of hydrogen-bond acceptors (Lipinski definition) is 5. The van der Waals surface area contributed by atoms with Gasteiger partial charge in [0.25, 0.3) is 0 Å². The second-order valence-electron chi connectivity index (χ2n) is 6.51. The second-order valence-corrected chi connectivity index (χ2v) is 7.52. The molecule has 2 aliphatic heterocycles. The molecule has 0 spiro atoms. The van der Waals surface area contributed by atoms with Gasteiger partial charge in [0.15, 0.2) is 5.13 Å². The number of nitrogens with zero attached hydrogens (tertiary/aromatic N) is 3. The van der Waals surface area contributed by atoms with Crippen LogP contribution in [0.5, 0.6) is 5.75 Å². The van der Waals surface area contributed by atoms with Crippen molar-refractivity contribution in [3.8, 4) is 17.6 Å². The fourth-order valence-corrected chi connectivity index (χ4v) is 4.46. The fraction of sp³-hybridized carbons (Fsp3) is 0.444. The Labute approximate surface area is 150 Å². The second kappa shape index (κ2) is 6.21. The molecule has 0 bridgehead atoms. The highest BCUT2D eigenvalue weighted by Gasteiger charge is 2.41. The number of aromatic nitrogens is 1. The number of hydrogen-bond donors (Lipinski definition) is 1. The van der Waals surface area contributed by atoms with Crippen LogP contribution in [0, 0.1) is 11.8 Å². The summed E-state index contributed by atoms with van der Waals surface area (Å²) in [6.45, 7) is 3.23. The number of ether oxygens (including phenoxy) is 1. The minimum Gasteiger partial charge on any atom is -0.493 e. The quantitative estimate of drug-likeness (QED) is 0.856. The molecule has 0 unspecified atom stereocenters. The molecule has 1 N–H and O–H groups in total. The average Bonchev–Trinajstić information content (AvgIpc) is 3.24. The lowest BCUT2D eigenvalue weighted by Crippen LogP contribution is -2.41. The molecule has 25 heavy (non-hydrogen) atoms. The lowest BCUT2D eigenvalue weighted by molar-refractivity contribution is 0.249. The SMILES string of the molecule is CC#C[C@H]1[C@H](CN(C)C)NC(=O)N1c1nc2c3c(ccc2s1)OCC3. The van der Waals surface area contributed by atoms with Gasteiger partial charge in [-0.3, -0.25) is 4.90 Å². The summed E-state index contributed by atoms with van der Waals surface area (Å²) in [6, 6.07) is 3.62. The van der Waals surface area contributed by atoms with Gasteiger partial charge in [0.1, 0.15) is 11.8 Å². The van der Waals surface area contributed by atoms with Gasteiger partial charge in [0.2, 0.25) is 0 Å². The summed E-state index contributed by atoms with van der Waals surface area (Å²) in [6.07, 6.45) is 0.865. The molecule has 1 aromatic heterocycles. The Bertz CT molecular complexity index is 896. The molecule has 2 aromatic rings. The Kier molecular flexibility index (Phi) is 4.02. The van der Waals surface area contributed by atoms with Crippen LogP contribution in [0.25, 0.3) is 10.2 Å². The smallest absolute Gasteiger partial charge is 0.325 e. The average molecular weight is 356 g/mol. The third-order valence-electron chi connectivity index (χ3n) is 4.47. The Morgan fingerprint density at radius 2 is 2.32 bits per heavy atom. The van der Waals surface area contributed by atoms with Crippen molar-refractivity contribution < 1.29 is 9.53 Å². The van der Waals surface area contributed by atoms with Crippen LogP contribution in [-0.2, 0) is 6.42 Å². The maximum Gasteiger partial charge on any atom is 0.325 e. The molecule has 6 nitrogen and oxygen atoms in total. The molecule has 2 amide bonds. The van der Waals surface area contributed by atoms with Crippen LogP contribution in [0.2, 0.25) is 0 Å². The van der Waals surface area contributed by atoms with E-state index in [2.05, 4.69) is 22.1 Å². The molecule has 130 valence electrons. The van der Waals surface area contributed by atoms with Crippen LogP contribution in [0.3, 0.4) is 0 Å². The van der Waals surface area contributed by atoms with E-state index in [1.54, 1.807) is 11.8 Å². The molecule has 3 heterocycles. The summed E-state index contributed by atoms with van der Waals surface area (Å²) in [5, 5.41) is 3.75. The number of urea groups is 1. The number of carbonyl (C=O) groups excluding carboxylic acids is 1. The van der Waals surface area contributed by atoms with Gasteiger partial charge >= 0.3 is 6.03 Å². The van der Waals surface area contributed by atoms with Gasteiger partial charge in [-0.05, 0) is 33.2 Å². The first-order valence-corrected chi connectivity index (χ1v) is 9.12. The number of likely N-dealkylation sites (N-methyl/N-ethyl adjacent to an activating group) is 1. The molecule has 2 atom stereocenters. The van der Waals surface area contributed by atoms with Gasteiger partial charge in [0.05, 0.1) is 22.9 Å². The normalized spacial score (nSPS) is 21.9. The molecule has 0 radical (unpaired) electrons. The summed E-state index contributed by atoms with van der Waals surface area (Å²) < 4.78 is 6.70. The van der Waals surface area contributed by atoms with E-state index in [9.17, 15) is 4.79 Å². The predicted molar refractivity (Wildman–Crippen MR) is 99.4 cm³/mol. The molecule has 1 aromatic carbocycles. The monoisotopic (exact) mass is 356 g/mol. The van der Waals surface area contributed by atoms with Crippen molar-refractivity contribution in [3.05, 3.63) is 17.7 Å². The summed E-state index contributed by atoms with van der Waals surface area (Å²) >= 11 is 1.53. The molecule has 2 aliphatic rings. The van der Waals surface area contributed by atoms with E-state index in [1.807, 2.05) is 26.2 Å². The topological polar surface area (TPSA) is 57.7 Å². The Morgan fingerprint density at radius 3 is 3.08 bits per heavy atom. The third kappa shape index (κ3) is 2.71. The third-order valence-corrected chi connectivity index (χ3v) is 5.49. The zero-order valence-electron chi connectivity index (χ0n) is 14.5. The molecule has 1 fully saturated rings. The zero-order chi connectivity index (χ0) is 17.6. The van der Waals surface area contributed by atoms with E-state index in [1.165, 1.54) is 11.3 Å². The summed E-state index contributed by atoms with van der Waals surface area (Å²) in [5.74, 6) is 7.05. The van der Waals surface area contributed by atoms with Gasteiger partial charge in [-0.15, -0.1) is 5.92 Å². The van der Waals surface area contributed by atoms with Crippen LogP contribution < -0.4 is 15.0 Å². The maximum absolute atomic E-state index is 12.6. The highest BCUT2D eigenvalue weighted by molar-refractivity contribution is 7.22. The number of nitrogens with one attached hydrogen (secondary N) is 1. The lowest BCUT2D eigenvalue weighted by atomic mass is 10.1. The highest BCUT2D eigenvalue weighted by atomic mass is 32.1. The van der Waals surface area contributed by atoms with Crippen LogP contribution in [0.1, 0.15) is 12.5 Å². The molecular weight excluding hydrogens is 336 g/mol. The molecule has 0 aliphatic carbocycles. The number of anilines is 1. The fourth-order valence-electron chi connectivity index (χ4n) is 3.43. The van der Waals surface area contributed by atoms with Gasteiger partial charge < -0.3 is 15.0 Å². The number of rotatable bonds is 3. The first kappa shape index (κ1) is 16.2. The van der Waals surface area contributed by atoms with Crippen LogP contribution >= 0.6 is 11.3 Å². The minimum atomic E-state index is -0.218. The van der Waals surface area contributed by atoms with Crippen molar-refractivity contribution >= 4 is 32.7 Å². The number of amides is 2. The van der Waals surface area contributed by atoms with E-state index in [0.29, 0.717) is 11.7 Å². The van der Waals surface area contributed by atoms with Crippen LogP contribution in [0.4, 0.5) is 9.93 Å². The Hall–Kier alpha value is -2.30. The van der Waals surface area contributed by atoms with Gasteiger partial charge in [-0.2, -0.15) is 0 Å². The van der Waals surface area contributed by atoms with Crippen molar-refractivity contribution in [2.45, 2.75) is 25.4 Å². The molecular formula is C18H20N4O2S. The largest absolute Gasteiger partial charge is 0.493 e. The summed E-state index contributed by atoms with van der Waals surface area (Å²) in [7, 11) is 3.98. The van der Waals surface area contributed by atoms with E-state index >= 15 is 0 Å². The predicted octanol–water partition coefficient (Wildman–Crippen LogP) is 2.08. The highest BCUT2D eigenvalue weighted by Crippen LogP contribution is 2.38. The van der Waals surface area contributed by atoms with Crippen LogP contribution in [0.15, 0.2) is 12.1 Å². The van der Waals surface area contributed by atoms with Gasteiger partial charge in [-0.25, -0.2) is 9.78 Å². The molecule has 4 rings (SSSR count).